The molecule has 3 rings (SSSR count). The molecule has 1 aliphatic rings. The summed E-state index contributed by atoms with van der Waals surface area (Å²) in [5.41, 5.74) is 0.371. The van der Waals surface area contributed by atoms with E-state index in [4.69, 9.17) is 23.7 Å². The zero-order chi connectivity index (χ0) is 24.7. The molecule has 0 radical (unpaired) electrons. The molecule has 10 heteroatoms. The van der Waals surface area contributed by atoms with E-state index in [1.54, 1.807) is 36.4 Å². The van der Waals surface area contributed by atoms with Gasteiger partial charge in [-0.25, -0.2) is 9.59 Å². The minimum absolute atomic E-state index is 0.177. The van der Waals surface area contributed by atoms with Crippen molar-refractivity contribution in [3.63, 3.8) is 0 Å². The van der Waals surface area contributed by atoms with Crippen LogP contribution in [-0.4, -0.2) is 66.3 Å². The molecule has 10 nitrogen and oxygen atoms in total. The Kier molecular flexibility index (Phi) is 8.34. The van der Waals surface area contributed by atoms with Crippen molar-refractivity contribution in [2.24, 2.45) is 0 Å². The van der Waals surface area contributed by atoms with E-state index in [-0.39, 0.29) is 11.1 Å². The molecule has 0 amide bonds. The summed E-state index contributed by atoms with van der Waals surface area (Å²) in [6, 6.07) is 15.9. The maximum atomic E-state index is 12.8. The van der Waals surface area contributed by atoms with E-state index in [1.165, 1.54) is 24.3 Å². The highest BCUT2D eigenvalue weighted by atomic mass is 16.7. The summed E-state index contributed by atoms with van der Waals surface area (Å²) >= 11 is 0. The summed E-state index contributed by atoms with van der Waals surface area (Å²) in [5.74, 6) is -3.04. The summed E-state index contributed by atoms with van der Waals surface area (Å²) in [7, 11) is 0. The summed E-state index contributed by atoms with van der Waals surface area (Å²) in [6.45, 7) is 1.85. The molecule has 0 saturated carbocycles. The highest BCUT2D eigenvalue weighted by Crippen LogP contribution is 2.29. The largest absolute Gasteiger partial charge is 0.463 e. The van der Waals surface area contributed by atoms with Crippen molar-refractivity contribution >= 4 is 23.9 Å². The fourth-order valence-electron chi connectivity index (χ4n) is 3.35. The van der Waals surface area contributed by atoms with Crippen LogP contribution < -0.4 is 0 Å². The summed E-state index contributed by atoms with van der Waals surface area (Å²) in [5, 5.41) is 10.6. The van der Waals surface area contributed by atoms with E-state index in [9.17, 15) is 24.3 Å². The standard InChI is InChI=1S/C24H24O10/c1-14(25)30-13-18-19(33-22(27)16-9-5-3-6-10-16)20(31-15(2)26)21(24(29)32-18)34-23(28)17-11-7-4-8-12-17/h3-12,18-21,24,29H,13H2,1-2H3/t18-,19-,20+,21-,24?/m1/s1. The molecule has 1 aliphatic heterocycles. The Labute approximate surface area is 195 Å². The summed E-state index contributed by atoms with van der Waals surface area (Å²) in [6.07, 6.45) is -7.37. The predicted octanol–water partition coefficient (Wildman–Crippen LogP) is 1.65. The van der Waals surface area contributed by atoms with Gasteiger partial charge in [0.25, 0.3) is 0 Å². The Morgan fingerprint density at radius 1 is 0.735 bits per heavy atom. The van der Waals surface area contributed by atoms with Crippen molar-refractivity contribution in [2.75, 3.05) is 6.61 Å². The monoisotopic (exact) mass is 472 g/mol. The van der Waals surface area contributed by atoms with Crippen LogP contribution in [0.5, 0.6) is 0 Å². The topological polar surface area (TPSA) is 135 Å². The van der Waals surface area contributed by atoms with Crippen molar-refractivity contribution < 1.29 is 48.0 Å². The van der Waals surface area contributed by atoms with Gasteiger partial charge in [0.15, 0.2) is 24.6 Å². The second kappa shape index (κ2) is 11.4. The predicted molar refractivity (Wildman–Crippen MR) is 114 cm³/mol. The molecule has 1 heterocycles. The zero-order valence-electron chi connectivity index (χ0n) is 18.5. The Bertz CT molecular complexity index is 1010. The van der Waals surface area contributed by atoms with Gasteiger partial charge in [-0.2, -0.15) is 0 Å². The lowest BCUT2D eigenvalue weighted by molar-refractivity contribution is -0.288. The van der Waals surface area contributed by atoms with Crippen molar-refractivity contribution in [1.82, 2.24) is 0 Å². The number of carbonyl (C=O) groups excluding carboxylic acids is 4. The molecule has 1 saturated heterocycles. The van der Waals surface area contributed by atoms with Gasteiger partial charge in [-0.1, -0.05) is 36.4 Å². The minimum Gasteiger partial charge on any atom is -0.463 e. The number of esters is 4. The molecule has 5 atom stereocenters. The smallest absolute Gasteiger partial charge is 0.338 e. The fourth-order valence-corrected chi connectivity index (χ4v) is 3.35. The Hall–Kier alpha value is -3.76. The molecule has 34 heavy (non-hydrogen) atoms. The van der Waals surface area contributed by atoms with Crippen LogP contribution in [0.3, 0.4) is 0 Å². The van der Waals surface area contributed by atoms with E-state index >= 15 is 0 Å². The van der Waals surface area contributed by atoms with Gasteiger partial charge in [0.1, 0.15) is 12.7 Å². The third-order valence-corrected chi connectivity index (χ3v) is 4.87. The van der Waals surface area contributed by atoms with Crippen molar-refractivity contribution in [3.8, 4) is 0 Å². The maximum Gasteiger partial charge on any atom is 0.338 e. The number of benzene rings is 2. The van der Waals surface area contributed by atoms with Gasteiger partial charge in [-0.05, 0) is 24.3 Å². The van der Waals surface area contributed by atoms with E-state index < -0.39 is 61.2 Å². The molecule has 0 aromatic heterocycles. The van der Waals surface area contributed by atoms with Gasteiger partial charge >= 0.3 is 23.9 Å². The summed E-state index contributed by atoms with van der Waals surface area (Å²) in [4.78, 5) is 48.6. The number of ether oxygens (including phenoxy) is 5. The van der Waals surface area contributed by atoms with Crippen molar-refractivity contribution in [2.45, 2.75) is 44.6 Å². The molecular formula is C24H24O10. The lowest BCUT2D eigenvalue weighted by Crippen LogP contribution is -2.62. The number of rotatable bonds is 7. The van der Waals surface area contributed by atoms with E-state index in [1.807, 2.05) is 0 Å². The third-order valence-electron chi connectivity index (χ3n) is 4.87. The average Bonchev–Trinajstić information content (AvgIpc) is 2.82. The van der Waals surface area contributed by atoms with Gasteiger partial charge in [0.2, 0.25) is 0 Å². The van der Waals surface area contributed by atoms with Gasteiger partial charge < -0.3 is 28.8 Å². The van der Waals surface area contributed by atoms with Gasteiger partial charge in [0.05, 0.1) is 11.1 Å². The molecule has 2 aromatic carbocycles. The van der Waals surface area contributed by atoms with Crippen molar-refractivity contribution in [1.29, 1.82) is 0 Å². The Morgan fingerprint density at radius 2 is 1.24 bits per heavy atom. The first-order valence-electron chi connectivity index (χ1n) is 10.4. The van der Waals surface area contributed by atoms with Crippen LogP contribution in [-0.2, 0) is 33.3 Å². The van der Waals surface area contributed by atoms with Crippen LogP contribution in [0.4, 0.5) is 0 Å². The number of hydrogen-bond acceptors (Lipinski definition) is 10. The van der Waals surface area contributed by atoms with E-state index in [2.05, 4.69) is 0 Å². The SMILES string of the molecule is CC(=O)OC[C@H]1OC(O)[C@H](OC(=O)c2ccccc2)[C@@H](OC(C)=O)[C@@H]1OC(=O)c1ccccc1. The first-order valence-corrected chi connectivity index (χ1v) is 10.4. The molecule has 1 fully saturated rings. The van der Waals surface area contributed by atoms with Gasteiger partial charge in [-0.15, -0.1) is 0 Å². The molecule has 0 bridgehead atoms. The van der Waals surface area contributed by atoms with Crippen LogP contribution in [0.25, 0.3) is 0 Å². The highest BCUT2D eigenvalue weighted by Gasteiger charge is 2.52. The Morgan fingerprint density at radius 3 is 1.71 bits per heavy atom. The lowest BCUT2D eigenvalue weighted by Gasteiger charge is -2.42. The normalized spacial score (nSPS) is 23.9. The quantitative estimate of drug-likeness (QED) is 0.468. The molecule has 0 aliphatic carbocycles. The fraction of sp³-hybridized carbons (Fsp3) is 0.333. The van der Waals surface area contributed by atoms with Crippen LogP contribution in [0.15, 0.2) is 60.7 Å². The lowest BCUT2D eigenvalue weighted by atomic mass is 9.98. The zero-order valence-corrected chi connectivity index (χ0v) is 18.5. The van der Waals surface area contributed by atoms with Crippen molar-refractivity contribution in [3.05, 3.63) is 71.8 Å². The van der Waals surface area contributed by atoms with Gasteiger partial charge in [-0.3, -0.25) is 9.59 Å². The third kappa shape index (κ3) is 6.40. The average molecular weight is 472 g/mol. The van der Waals surface area contributed by atoms with E-state index in [0.29, 0.717) is 0 Å². The molecule has 180 valence electrons. The molecule has 1 N–H and O–H groups in total. The van der Waals surface area contributed by atoms with Crippen LogP contribution in [0.1, 0.15) is 34.6 Å². The molecule has 1 unspecified atom stereocenters. The van der Waals surface area contributed by atoms with Gasteiger partial charge in [0, 0.05) is 13.8 Å². The number of carbonyl (C=O) groups is 4. The first kappa shape index (κ1) is 24.9. The molecule has 0 spiro atoms. The molecular weight excluding hydrogens is 448 g/mol. The maximum absolute atomic E-state index is 12.8. The summed E-state index contributed by atoms with van der Waals surface area (Å²) < 4.78 is 26.7. The van der Waals surface area contributed by atoms with Crippen LogP contribution >= 0.6 is 0 Å². The Balaban J connectivity index is 1.91. The first-order chi connectivity index (χ1) is 16.3. The second-order valence-corrected chi connectivity index (χ2v) is 7.41. The molecule has 2 aromatic rings. The van der Waals surface area contributed by atoms with E-state index in [0.717, 1.165) is 13.8 Å². The van der Waals surface area contributed by atoms with Crippen LogP contribution in [0, 0.1) is 0 Å². The number of aliphatic hydroxyl groups is 1. The minimum atomic E-state index is -1.77. The second-order valence-electron chi connectivity index (χ2n) is 7.41. The highest BCUT2D eigenvalue weighted by molar-refractivity contribution is 5.90. The van der Waals surface area contributed by atoms with Crippen LogP contribution in [0.2, 0.25) is 0 Å². The number of aliphatic hydroxyl groups excluding tert-OH is 1. The number of hydrogen-bond donors (Lipinski definition) is 1.